The van der Waals surface area contributed by atoms with Gasteiger partial charge in [0.15, 0.2) is 9.50 Å². The van der Waals surface area contributed by atoms with E-state index in [0.717, 1.165) is 43.1 Å². The summed E-state index contributed by atoms with van der Waals surface area (Å²) in [5.41, 5.74) is 0. The Hall–Kier alpha value is -1.52. The van der Waals surface area contributed by atoms with Gasteiger partial charge in [-0.05, 0) is 42.5 Å². The second-order valence-electron chi connectivity index (χ2n) is 4.77. The third kappa shape index (κ3) is 3.06. The van der Waals surface area contributed by atoms with Crippen LogP contribution >= 0.6 is 23.1 Å². The van der Waals surface area contributed by atoms with Crippen molar-refractivity contribution in [2.24, 2.45) is 7.05 Å². The molecular weight excluding hydrogens is 312 g/mol. The maximum absolute atomic E-state index is 10.7. The minimum Gasteiger partial charge on any atom is -0.316 e. The molecule has 2 aromatic rings. The van der Waals surface area contributed by atoms with Gasteiger partial charge in [0.25, 0.3) is 0 Å². The lowest BCUT2D eigenvalue weighted by Crippen LogP contribution is -2.29. The molecule has 8 nitrogen and oxygen atoms in total. The normalized spacial score (nSPS) is 18.8. The third-order valence-electron chi connectivity index (χ3n) is 3.36. The van der Waals surface area contributed by atoms with E-state index in [4.69, 9.17) is 0 Å². The predicted molar refractivity (Wildman–Crippen MR) is 78.7 cm³/mol. The minimum absolute atomic E-state index is 0.0383. The van der Waals surface area contributed by atoms with E-state index in [1.54, 1.807) is 0 Å². The molecule has 1 aliphatic rings. The molecule has 1 atom stereocenters. The SMILES string of the molecule is Cn1c(Sc2ncc([N+](=O)[O-])s2)nnc1[C@H]1CCCNC1. The number of nitrogens with zero attached hydrogens (tertiary/aromatic N) is 5. The second kappa shape index (κ2) is 6.08. The summed E-state index contributed by atoms with van der Waals surface area (Å²) in [6.07, 6.45) is 3.51. The number of nitrogens with one attached hydrogen (secondary N) is 1. The Morgan fingerprint density at radius 3 is 3.10 bits per heavy atom. The molecule has 3 heterocycles. The van der Waals surface area contributed by atoms with Crippen LogP contribution in [0.25, 0.3) is 0 Å². The van der Waals surface area contributed by atoms with E-state index >= 15 is 0 Å². The molecule has 2 aromatic heterocycles. The van der Waals surface area contributed by atoms with Crippen LogP contribution in [0.3, 0.4) is 0 Å². The van der Waals surface area contributed by atoms with Crippen molar-refractivity contribution in [2.75, 3.05) is 13.1 Å². The predicted octanol–water partition coefficient (Wildman–Crippen LogP) is 1.80. The Morgan fingerprint density at radius 1 is 1.57 bits per heavy atom. The van der Waals surface area contributed by atoms with Crippen molar-refractivity contribution in [3.63, 3.8) is 0 Å². The quantitative estimate of drug-likeness (QED) is 0.675. The van der Waals surface area contributed by atoms with E-state index < -0.39 is 4.92 Å². The van der Waals surface area contributed by atoms with Crippen molar-refractivity contribution < 1.29 is 4.92 Å². The Kier molecular flexibility index (Phi) is 4.17. The first-order valence-corrected chi connectivity index (χ1v) is 8.16. The van der Waals surface area contributed by atoms with Crippen LogP contribution in [0, 0.1) is 10.1 Å². The molecule has 0 amide bonds. The standard InChI is InChI=1S/C11H14N6O2S2/c1-16-9(7-3-2-4-12-5-7)14-15-10(16)21-11-13-6-8(20-11)17(18)19/h6-7,12H,2-5H2,1H3/t7-/m0/s1. The van der Waals surface area contributed by atoms with Crippen molar-refractivity contribution >= 4 is 28.1 Å². The highest BCUT2D eigenvalue weighted by atomic mass is 32.2. The molecule has 1 aliphatic heterocycles. The van der Waals surface area contributed by atoms with E-state index in [2.05, 4.69) is 20.5 Å². The van der Waals surface area contributed by atoms with E-state index in [1.807, 2.05) is 11.6 Å². The maximum atomic E-state index is 10.7. The molecule has 0 radical (unpaired) electrons. The van der Waals surface area contributed by atoms with Crippen LogP contribution in [0.15, 0.2) is 15.7 Å². The summed E-state index contributed by atoms with van der Waals surface area (Å²) < 4.78 is 2.56. The van der Waals surface area contributed by atoms with Gasteiger partial charge in [-0.15, -0.1) is 10.2 Å². The molecule has 3 rings (SSSR count). The highest BCUT2D eigenvalue weighted by molar-refractivity contribution is 8.00. The molecule has 1 fully saturated rings. The van der Waals surface area contributed by atoms with Crippen molar-refractivity contribution in [2.45, 2.75) is 28.3 Å². The van der Waals surface area contributed by atoms with Crippen molar-refractivity contribution in [1.82, 2.24) is 25.1 Å². The number of thiazole rings is 1. The van der Waals surface area contributed by atoms with Crippen LogP contribution in [0.1, 0.15) is 24.6 Å². The van der Waals surface area contributed by atoms with Crippen LogP contribution in [-0.4, -0.2) is 37.8 Å². The molecule has 0 spiro atoms. The number of nitro groups is 1. The first-order valence-electron chi connectivity index (χ1n) is 6.53. The molecule has 0 saturated carbocycles. The summed E-state index contributed by atoms with van der Waals surface area (Å²) in [5, 5.41) is 23.2. The first kappa shape index (κ1) is 14.4. The summed E-state index contributed by atoms with van der Waals surface area (Å²) >= 11 is 2.36. The number of hydrogen-bond acceptors (Lipinski definition) is 8. The molecular formula is C11H14N6O2S2. The zero-order valence-corrected chi connectivity index (χ0v) is 13.0. The lowest BCUT2D eigenvalue weighted by atomic mass is 9.99. The monoisotopic (exact) mass is 326 g/mol. The fourth-order valence-corrected chi connectivity index (χ4v) is 3.99. The average Bonchev–Trinajstić information content (AvgIpc) is 3.09. The summed E-state index contributed by atoms with van der Waals surface area (Å²) in [4.78, 5) is 14.3. The van der Waals surface area contributed by atoms with Gasteiger partial charge in [-0.25, -0.2) is 4.98 Å². The van der Waals surface area contributed by atoms with E-state index in [-0.39, 0.29) is 5.00 Å². The van der Waals surface area contributed by atoms with Gasteiger partial charge < -0.3 is 9.88 Å². The lowest BCUT2D eigenvalue weighted by Gasteiger charge is -2.21. The Morgan fingerprint density at radius 2 is 2.43 bits per heavy atom. The molecule has 0 bridgehead atoms. The maximum Gasteiger partial charge on any atom is 0.344 e. The van der Waals surface area contributed by atoms with E-state index in [1.165, 1.54) is 18.0 Å². The highest BCUT2D eigenvalue weighted by Gasteiger charge is 2.22. The number of piperidine rings is 1. The zero-order chi connectivity index (χ0) is 14.8. The topological polar surface area (TPSA) is 98.8 Å². The minimum atomic E-state index is -0.433. The molecule has 112 valence electrons. The fraction of sp³-hybridized carbons (Fsp3) is 0.545. The Labute approximate surface area is 129 Å². The molecule has 10 heteroatoms. The molecule has 0 aromatic carbocycles. The Bertz CT molecular complexity index is 649. The largest absolute Gasteiger partial charge is 0.344 e. The Balaban J connectivity index is 1.76. The van der Waals surface area contributed by atoms with Crippen LogP contribution in [0.4, 0.5) is 5.00 Å². The fourth-order valence-electron chi connectivity index (χ4n) is 2.30. The second-order valence-corrected chi connectivity index (χ2v) is 6.99. The van der Waals surface area contributed by atoms with Crippen molar-refractivity contribution in [3.05, 3.63) is 22.1 Å². The number of hydrogen-bond donors (Lipinski definition) is 1. The molecule has 1 N–H and O–H groups in total. The van der Waals surface area contributed by atoms with Gasteiger partial charge >= 0.3 is 5.00 Å². The number of rotatable bonds is 4. The van der Waals surface area contributed by atoms with Crippen LogP contribution in [0.5, 0.6) is 0 Å². The summed E-state index contributed by atoms with van der Waals surface area (Å²) in [6.45, 7) is 1.97. The first-order chi connectivity index (χ1) is 10.1. The highest BCUT2D eigenvalue weighted by Crippen LogP contribution is 2.34. The molecule has 0 aliphatic carbocycles. The molecule has 21 heavy (non-hydrogen) atoms. The molecule has 0 unspecified atom stereocenters. The summed E-state index contributed by atoms with van der Waals surface area (Å²) in [5.74, 6) is 1.33. The van der Waals surface area contributed by atoms with E-state index in [0.29, 0.717) is 15.4 Å². The average molecular weight is 326 g/mol. The van der Waals surface area contributed by atoms with E-state index in [9.17, 15) is 10.1 Å². The van der Waals surface area contributed by atoms with Crippen LogP contribution in [-0.2, 0) is 7.05 Å². The smallest absolute Gasteiger partial charge is 0.316 e. The van der Waals surface area contributed by atoms with Gasteiger partial charge in [0.1, 0.15) is 12.0 Å². The third-order valence-corrected chi connectivity index (χ3v) is 5.42. The number of aromatic nitrogens is 4. The van der Waals surface area contributed by atoms with Crippen molar-refractivity contribution in [1.29, 1.82) is 0 Å². The van der Waals surface area contributed by atoms with Crippen LogP contribution < -0.4 is 5.32 Å². The lowest BCUT2D eigenvalue weighted by molar-refractivity contribution is -0.380. The van der Waals surface area contributed by atoms with Gasteiger partial charge in [-0.2, -0.15) is 0 Å². The van der Waals surface area contributed by atoms with Gasteiger partial charge in [0, 0.05) is 19.5 Å². The van der Waals surface area contributed by atoms with Gasteiger partial charge in [0.2, 0.25) is 0 Å². The van der Waals surface area contributed by atoms with Crippen molar-refractivity contribution in [3.8, 4) is 0 Å². The molecule has 1 saturated heterocycles. The van der Waals surface area contributed by atoms with Crippen LogP contribution in [0.2, 0.25) is 0 Å². The summed E-state index contributed by atoms with van der Waals surface area (Å²) in [7, 11) is 1.92. The zero-order valence-electron chi connectivity index (χ0n) is 11.4. The summed E-state index contributed by atoms with van der Waals surface area (Å²) in [6, 6.07) is 0. The van der Waals surface area contributed by atoms with Gasteiger partial charge in [-0.3, -0.25) is 10.1 Å². The van der Waals surface area contributed by atoms with Gasteiger partial charge in [0.05, 0.1) is 4.92 Å². The van der Waals surface area contributed by atoms with Gasteiger partial charge in [-0.1, -0.05) is 0 Å².